The smallest absolute Gasteiger partial charge is 0.337 e. The number of aryl methyl sites for hydroxylation is 1. The summed E-state index contributed by atoms with van der Waals surface area (Å²) in [4.78, 5) is 15.6. The lowest BCUT2D eigenvalue weighted by Crippen LogP contribution is -2.03. The molecule has 0 saturated carbocycles. The van der Waals surface area contributed by atoms with Crippen molar-refractivity contribution in [1.29, 1.82) is 0 Å². The summed E-state index contributed by atoms with van der Waals surface area (Å²) in [6.07, 6.45) is 1.66. The summed E-state index contributed by atoms with van der Waals surface area (Å²) in [6, 6.07) is 12.4. The van der Waals surface area contributed by atoms with E-state index in [1.807, 2.05) is 25.1 Å². The lowest BCUT2D eigenvalue weighted by atomic mass is 10.1. The predicted octanol–water partition coefficient (Wildman–Crippen LogP) is 4.64. The fourth-order valence-corrected chi connectivity index (χ4v) is 2.49. The van der Waals surface area contributed by atoms with E-state index in [2.05, 4.69) is 10.3 Å². The molecule has 0 amide bonds. The molecule has 4 nitrogen and oxygen atoms in total. The van der Waals surface area contributed by atoms with Gasteiger partial charge in [-0.3, -0.25) is 4.98 Å². The van der Waals surface area contributed by atoms with E-state index in [1.54, 1.807) is 30.5 Å². The van der Waals surface area contributed by atoms with Gasteiger partial charge < -0.3 is 10.4 Å². The van der Waals surface area contributed by atoms with Crippen molar-refractivity contribution in [3.05, 3.63) is 64.8 Å². The van der Waals surface area contributed by atoms with Gasteiger partial charge in [-0.2, -0.15) is 0 Å². The zero-order valence-corrected chi connectivity index (χ0v) is 12.6. The lowest BCUT2D eigenvalue weighted by Gasteiger charge is -2.12. The number of anilines is 2. The standard InChI is InChI=1S/C17H13ClN2O2/c1-10-2-4-13(17(21)22)16(8-10)20-14-6-7-19-15-9-11(18)3-5-12(14)15/h2-9H,1H3,(H,19,20)(H,21,22). The van der Waals surface area contributed by atoms with Crippen molar-refractivity contribution in [3.63, 3.8) is 0 Å². The van der Waals surface area contributed by atoms with Crippen LogP contribution in [0.25, 0.3) is 10.9 Å². The van der Waals surface area contributed by atoms with Gasteiger partial charge in [-0.15, -0.1) is 0 Å². The summed E-state index contributed by atoms with van der Waals surface area (Å²) in [5.74, 6) is -0.969. The molecule has 0 aliphatic heterocycles. The molecule has 0 saturated heterocycles. The second kappa shape index (κ2) is 5.66. The van der Waals surface area contributed by atoms with Gasteiger partial charge in [-0.05, 0) is 48.9 Å². The Hall–Kier alpha value is -2.59. The minimum absolute atomic E-state index is 0.226. The van der Waals surface area contributed by atoms with Crippen LogP contribution in [0.4, 0.5) is 11.4 Å². The van der Waals surface area contributed by atoms with Gasteiger partial charge in [0.2, 0.25) is 0 Å². The van der Waals surface area contributed by atoms with Crippen LogP contribution in [0, 0.1) is 6.92 Å². The van der Waals surface area contributed by atoms with Gasteiger partial charge in [0.15, 0.2) is 0 Å². The number of pyridine rings is 1. The molecule has 3 aromatic rings. The number of hydrogen-bond acceptors (Lipinski definition) is 3. The third-order valence-electron chi connectivity index (χ3n) is 3.38. The van der Waals surface area contributed by atoms with Gasteiger partial charge in [0, 0.05) is 22.3 Å². The molecule has 110 valence electrons. The van der Waals surface area contributed by atoms with Crippen molar-refractivity contribution in [3.8, 4) is 0 Å². The van der Waals surface area contributed by atoms with E-state index in [1.165, 1.54) is 0 Å². The first-order chi connectivity index (χ1) is 10.5. The van der Waals surface area contributed by atoms with Crippen molar-refractivity contribution in [2.45, 2.75) is 6.92 Å². The topological polar surface area (TPSA) is 62.2 Å². The Balaban J connectivity index is 2.11. The molecule has 0 unspecified atom stereocenters. The van der Waals surface area contributed by atoms with E-state index in [0.29, 0.717) is 10.7 Å². The molecule has 5 heteroatoms. The van der Waals surface area contributed by atoms with Gasteiger partial charge in [-0.25, -0.2) is 4.79 Å². The Morgan fingerprint density at radius 2 is 1.95 bits per heavy atom. The van der Waals surface area contributed by atoms with Crippen LogP contribution in [0.15, 0.2) is 48.7 Å². The number of carboxylic acid groups (broad SMARTS) is 1. The zero-order valence-electron chi connectivity index (χ0n) is 11.8. The van der Waals surface area contributed by atoms with Gasteiger partial charge in [0.25, 0.3) is 0 Å². The van der Waals surface area contributed by atoms with E-state index in [-0.39, 0.29) is 5.56 Å². The quantitative estimate of drug-likeness (QED) is 0.739. The van der Waals surface area contributed by atoms with Crippen molar-refractivity contribution >= 4 is 39.8 Å². The molecule has 2 aromatic carbocycles. The highest BCUT2D eigenvalue weighted by atomic mass is 35.5. The minimum atomic E-state index is -0.969. The zero-order chi connectivity index (χ0) is 15.7. The van der Waals surface area contributed by atoms with Gasteiger partial charge in [-0.1, -0.05) is 17.7 Å². The molecular formula is C17H13ClN2O2. The summed E-state index contributed by atoms with van der Waals surface area (Å²) >= 11 is 5.98. The van der Waals surface area contributed by atoms with E-state index in [4.69, 9.17) is 11.6 Å². The average molecular weight is 313 g/mol. The molecule has 0 aliphatic carbocycles. The number of nitrogens with one attached hydrogen (secondary N) is 1. The molecule has 0 radical (unpaired) electrons. The van der Waals surface area contributed by atoms with Crippen LogP contribution in [0.1, 0.15) is 15.9 Å². The Labute approximate surface area is 132 Å². The maximum absolute atomic E-state index is 11.4. The van der Waals surface area contributed by atoms with E-state index < -0.39 is 5.97 Å². The van der Waals surface area contributed by atoms with Crippen LogP contribution in [0.2, 0.25) is 5.02 Å². The van der Waals surface area contributed by atoms with Gasteiger partial charge in [0.05, 0.1) is 16.8 Å². The average Bonchev–Trinajstić information content (AvgIpc) is 2.47. The first-order valence-electron chi connectivity index (χ1n) is 6.70. The van der Waals surface area contributed by atoms with Crippen LogP contribution >= 0.6 is 11.6 Å². The van der Waals surface area contributed by atoms with Crippen molar-refractivity contribution in [2.24, 2.45) is 0 Å². The van der Waals surface area contributed by atoms with Crippen LogP contribution in [-0.2, 0) is 0 Å². The van der Waals surface area contributed by atoms with Crippen LogP contribution < -0.4 is 5.32 Å². The monoisotopic (exact) mass is 312 g/mol. The van der Waals surface area contributed by atoms with Crippen LogP contribution in [0.5, 0.6) is 0 Å². The Bertz CT molecular complexity index is 878. The fraction of sp³-hybridized carbons (Fsp3) is 0.0588. The van der Waals surface area contributed by atoms with Crippen LogP contribution in [0.3, 0.4) is 0 Å². The molecule has 0 bridgehead atoms. The number of aromatic carboxylic acids is 1. The van der Waals surface area contributed by atoms with Crippen LogP contribution in [-0.4, -0.2) is 16.1 Å². The highest BCUT2D eigenvalue weighted by Crippen LogP contribution is 2.29. The summed E-state index contributed by atoms with van der Waals surface area (Å²) in [5.41, 5.74) is 3.30. The van der Waals surface area contributed by atoms with Crippen molar-refractivity contribution < 1.29 is 9.90 Å². The first-order valence-corrected chi connectivity index (χ1v) is 7.07. The summed E-state index contributed by atoms with van der Waals surface area (Å²) in [7, 11) is 0. The highest BCUT2D eigenvalue weighted by Gasteiger charge is 2.11. The molecule has 0 spiro atoms. The molecule has 0 aliphatic rings. The van der Waals surface area contributed by atoms with E-state index in [0.717, 1.165) is 22.2 Å². The molecule has 2 N–H and O–H groups in total. The normalized spacial score (nSPS) is 10.6. The first kappa shape index (κ1) is 14.4. The summed E-state index contributed by atoms with van der Waals surface area (Å²) < 4.78 is 0. The number of benzene rings is 2. The highest BCUT2D eigenvalue weighted by molar-refractivity contribution is 6.31. The third-order valence-corrected chi connectivity index (χ3v) is 3.61. The second-order valence-electron chi connectivity index (χ2n) is 5.00. The largest absolute Gasteiger partial charge is 0.478 e. The molecule has 0 atom stereocenters. The second-order valence-corrected chi connectivity index (χ2v) is 5.44. The maximum atomic E-state index is 11.4. The molecular weight excluding hydrogens is 300 g/mol. The lowest BCUT2D eigenvalue weighted by molar-refractivity contribution is 0.0698. The molecule has 22 heavy (non-hydrogen) atoms. The molecule has 1 aromatic heterocycles. The summed E-state index contributed by atoms with van der Waals surface area (Å²) in [6.45, 7) is 1.92. The predicted molar refractivity (Wildman–Crippen MR) is 88.2 cm³/mol. The van der Waals surface area contributed by atoms with E-state index >= 15 is 0 Å². The Morgan fingerprint density at radius 3 is 2.73 bits per heavy atom. The molecule has 0 fully saturated rings. The fourth-order valence-electron chi connectivity index (χ4n) is 2.32. The minimum Gasteiger partial charge on any atom is -0.478 e. The molecule has 1 heterocycles. The number of rotatable bonds is 3. The number of halogens is 1. The number of fused-ring (bicyclic) bond motifs is 1. The molecule has 3 rings (SSSR count). The van der Waals surface area contributed by atoms with Crippen molar-refractivity contribution in [1.82, 2.24) is 4.98 Å². The Morgan fingerprint density at radius 1 is 1.14 bits per heavy atom. The summed E-state index contributed by atoms with van der Waals surface area (Å²) in [5, 5.41) is 14.0. The van der Waals surface area contributed by atoms with E-state index in [9.17, 15) is 9.90 Å². The number of carbonyl (C=O) groups is 1. The third kappa shape index (κ3) is 2.73. The van der Waals surface area contributed by atoms with Gasteiger partial charge >= 0.3 is 5.97 Å². The number of carboxylic acids is 1. The number of hydrogen-bond donors (Lipinski definition) is 2. The van der Waals surface area contributed by atoms with Gasteiger partial charge in [0.1, 0.15) is 0 Å². The Kier molecular flexibility index (Phi) is 3.69. The number of aromatic nitrogens is 1. The maximum Gasteiger partial charge on any atom is 0.337 e. The SMILES string of the molecule is Cc1ccc(C(=O)O)c(Nc2ccnc3cc(Cl)ccc23)c1. The van der Waals surface area contributed by atoms with Crippen molar-refractivity contribution in [2.75, 3.05) is 5.32 Å². The number of nitrogens with zero attached hydrogens (tertiary/aromatic N) is 1.